The van der Waals surface area contributed by atoms with Crippen LogP contribution in [0.5, 0.6) is 5.75 Å². The zero-order valence-electron chi connectivity index (χ0n) is 11.1. The van der Waals surface area contributed by atoms with Crippen LogP contribution in [0.15, 0.2) is 24.3 Å². The van der Waals surface area contributed by atoms with Crippen molar-refractivity contribution in [2.45, 2.75) is 12.8 Å². The first-order chi connectivity index (χ1) is 9.29. The molecule has 1 aromatic carbocycles. The lowest BCUT2D eigenvalue weighted by molar-refractivity contribution is -0.132. The van der Waals surface area contributed by atoms with E-state index < -0.39 is 0 Å². The van der Waals surface area contributed by atoms with Crippen LogP contribution in [0.2, 0.25) is 0 Å². The fraction of sp³-hybridized carbons (Fsp3) is 0.500. The maximum atomic E-state index is 11.8. The van der Waals surface area contributed by atoms with E-state index in [4.69, 9.17) is 10.5 Å². The summed E-state index contributed by atoms with van der Waals surface area (Å²) in [5, 5.41) is 3.18. The maximum absolute atomic E-state index is 11.8. The van der Waals surface area contributed by atoms with E-state index in [1.54, 1.807) is 0 Å². The first kappa shape index (κ1) is 13.7. The highest BCUT2D eigenvalue weighted by Gasteiger charge is 2.17. The summed E-state index contributed by atoms with van der Waals surface area (Å²) in [5.41, 5.74) is 6.42. The predicted molar refractivity (Wildman–Crippen MR) is 75.3 cm³/mol. The summed E-state index contributed by atoms with van der Waals surface area (Å²) in [6.45, 7) is 3.19. The van der Waals surface area contributed by atoms with Gasteiger partial charge < -0.3 is 20.7 Å². The fourth-order valence-corrected chi connectivity index (χ4v) is 2.09. The number of amides is 1. The maximum Gasteiger partial charge on any atom is 0.260 e. The summed E-state index contributed by atoms with van der Waals surface area (Å²) in [6, 6.07) is 7.56. The molecule has 1 saturated heterocycles. The third-order valence-electron chi connectivity index (χ3n) is 3.15. The van der Waals surface area contributed by atoms with Gasteiger partial charge in [-0.25, -0.2) is 0 Å². The third kappa shape index (κ3) is 4.13. The monoisotopic (exact) mass is 263 g/mol. The van der Waals surface area contributed by atoms with Crippen LogP contribution in [0.25, 0.3) is 0 Å². The highest BCUT2D eigenvalue weighted by atomic mass is 16.5. The van der Waals surface area contributed by atoms with E-state index in [1.807, 2.05) is 29.2 Å². The molecule has 0 aromatic heterocycles. The Morgan fingerprint density at radius 1 is 1.26 bits per heavy atom. The topological polar surface area (TPSA) is 67.6 Å². The summed E-state index contributed by atoms with van der Waals surface area (Å²) < 4.78 is 5.50. The van der Waals surface area contributed by atoms with Gasteiger partial charge in [-0.2, -0.15) is 0 Å². The molecule has 0 radical (unpaired) electrons. The average molecular weight is 263 g/mol. The molecule has 2 rings (SSSR count). The van der Waals surface area contributed by atoms with Gasteiger partial charge >= 0.3 is 0 Å². The van der Waals surface area contributed by atoms with Gasteiger partial charge in [0.25, 0.3) is 5.91 Å². The number of rotatable bonds is 6. The van der Waals surface area contributed by atoms with Crippen LogP contribution in [0.1, 0.15) is 12.8 Å². The van der Waals surface area contributed by atoms with Crippen LogP contribution < -0.4 is 15.8 Å². The zero-order valence-corrected chi connectivity index (χ0v) is 11.1. The number of likely N-dealkylation sites (tertiary alicyclic amines) is 1. The number of nitrogens with one attached hydrogen (secondary N) is 1. The van der Waals surface area contributed by atoms with Crippen molar-refractivity contribution in [3.8, 4) is 5.75 Å². The molecule has 1 aromatic rings. The molecule has 0 spiro atoms. The lowest BCUT2D eigenvalue weighted by Crippen LogP contribution is -2.32. The van der Waals surface area contributed by atoms with Crippen molar-refractivity contribution in [3.05, 3.63) is 24.3 Å². The number of nitrogens with two attached hydrogens (primary N) is 1. The third-order valence-corrected chi connectivity index (χ3v) is 3.15. The Kier molecular flexibility index (Phi) is 5.03. The molecule has 104 valence electrons. The van der Waals surface area contributed by atoms with Crippen molar-refractivity contribution in [2.75, 3.05) is 38.1 Å². The molecule has 0 atom stereocenters. The average Bonchev–Trinajstić information content (AvgIpc) is 2.98. The van der Waals surface area contributed by atoms with Gasteiger partial charge in [0.2, 0.25) is 0 Å². The molecule has 0 saturated carbocycles. The largest absolute Gasteiger partial charge is 0.484 e. The van der Waals surface area contributed by atoms with Gasteiger partial charge in [-0.05, 0) is 37.1 Å². The Labute approximate surface area is 113 Å². The van der Waals surface area contributed by atoms with E-state index in [0.29, 0.717) is 12.3 Å². The number of carbonyl (C=O) groups is 1. The summed E-state index contributed by atoms with van der Waals surface area (Å²) in [6.07, 6.45) is 2.21. The van der Waals surface area contributed by atoms with Crippen molar-refractivity contribution in [1.29, 1.82) is 0 Å². The van der Waals surface area contributed by atoms with Gasteiger partial charge in [0.15, 0.2) is 6.61 Å². The van der Waals surface area contributed by atoms with Crippen LogP contribution in [-0.4, -0.2) is 43.6 Å². The number of hydrogen-bond donors (Lipinski definition) is 2. The van der Waals surface area contributed by atoms with Gasteiger partial charge in [0.1, 0.15) is 5.75 Å². The Morgan fingerprint density at radius 3 is 2.58 bits per heavy atom. The van der Waals surface area contributed by atoms with Crippen LogP contribution in [0, 0.1) is 0 Å². The molecule has 3 N–H and O–H groups in total. The highest BCUT2D eigenvalue weighted by Crippen LogP contribution is 2.16. The van der Waals surface area contributed by atoms with Crippen LogP contribution in [-0.2, 0) is 4.79 Å². The Hall–Kier alpha value is -1.75. The quantitative estimate of drug-likeness (QED) is 0.805. The van der Waals surface area contributed by atoms with E-state index in [0.717, 1.165) is 38.2 Å². The number of hydrogen-bond acceptors (Lipinski definition) is 4. The first-order valence-corrected chi connectivity index (χ1v) is 6.74. The normalized spacial score (nSPS) is 14.5. The van der Waals surface area contributed by atoms with Gasteiger partial charge in [-0.15, -0.1) is 0 Å². The smallest absolute Gasteiger partial charge is 0.260 e. The molecule has 1 aliphatic rings. The van der Waals surface area contributed by atoms with E-state index in [9.17, 15) is 4.79 Å². The van der Waals surface area contributed by atoms with Gasteiger partial charge in [-0.3, -0.25) is 4.79 Å². The molecule has 0 aliphatic carbocycles. The summed E-state index contributed by atoms with van der Waals surface area (Å²) in [7, 11) is 0. The minimum atomic E-state index is 0.0721. The molecular formula is C14H21N3O2. The summed E-state index contributed by atoms with van der Waals surface area (Å²) >= 11 is 0. The standard InChI is InChI=1S/C14H21N3O2/c15-7-8-16-12-3-5-13(6-4-12)19-11-14(18)17-9-1-2-10-17/h3-6,16H,1-2,7-11,15H2. The molecular weight excluding hydrogens is 242 g/mol. The van der Waals surface area contributed by atoms with Gasteiger partial charge in [-0.1, -0.05) is 0 Å². The molecule has 5 heteroatoms. The summed E-state index contributed by atoms with van der Waals surface area (Å²) in [5.74, 6) is 0.786. The van der Waals surface area contributed by atoms with E-state index in [-0.39, 0.29) is 12.5 Å². The minimum absolute atomic E-state index is 0.0721. The number of ether oxygens (including phenoxy) is 1. The van der Waals surface area contributed by atoms with E-state index in [1.165, 1.54) is 0 Å². The SMILES string of the molecule is NCCNc1ccc(OCC(=O)N2CCCC2)cc1. The fourth-order valence-electron chi connectivity index (χ4n) is 2.09. The van der Waals surface area contributed by atoms with E-state index >= 15 is 0 Å². The van der Waals surface area contributed by atoms with Crippen LogP contribution in [0.3, 0.4) is 0 Å². The zero-order chi connectivity index (χ0) is 13.5. The van der Waals surface area contributed by atoms with Crippen LogP contribution >= 0.6 is 0 Å². The van der Waals surface area contributed by atoms with Gasteiger partial charge in [0, 0.05) is 31.9 Å². The van der Waals surface area contributed by atoms with Crippen molar-refractivity contribution in [3.63, 3.8) is 0 Å². The second-order valence-corrected chi connectivity index (χ2v) is 4.62. The Balaban J connectivity index is 1.77. The molecule has 1 aliphatic heterocycles. The summed E-state index contributed by atoms with van der Waals surface area (Å²) in [4.78, 5) is 13.7. The number of carbonyl (C=O) groups excluding carboxylic acids is 1. The van der Waals surface area contributed by atoms with Crippen molar-refractivity contribution in [2.24, 2.45) is 5.73 Å². The lowest BCUT2D eigenvalue weighted by Gasteiger charge is -2.15. The lowest BCUT2D eigenvalue weighted by atomic mass is 10.3. The van der Waals surface area contributed by atoms with E-state index in [2.05, 4.69) is 5.32 Å². The number of anilines is 1. The van der Waals surface area contributed by atoms with Crippen LogP contribution in [0.4, 0.5) is 5.69 Å². The molecule has 5 nitrogen and oxygen atoms in total. The number of nitrogens with zero attached hydrogens (tertiary/aromatic N) is 1. The van der Waals surface area contributed by atoms with Gasteiger partial charge in [0.05, 0.1) is 0 Å². The predicted octanol–water partition coefficient (Wildman–Crippen LogP) is 1.06. The van der Waals surface area contributed by atoms with Crippen molar-refractivity contribution in [1.82, 2.24) is 4.90 Å². The van der Waals surface area contributed by atoms with Crippen molar-refractivity contribution < 1.29 is 9.53 Å². The van der Waals surface area contributed by atoms with Crippen molar-refractivity contribution >= 4 is 11.6 Å². The number of benzene rings is 1. The molecule has 0 unspecified atom stereocenters. The Morgan fingerprint density at radius 2 is 1.95 bits per heavy atom. The molecule has 1 fully saturated rings. The first-order valence-electron chi connectivity index (χ1n) is 6.74. The highest BCUT2D eigenvalue weighted by molar-refractivity contribution is 5.78. The molecule has 0 bridgehead atoms. The second kappa shape index (κ2) is 6.99. The minimum Gasteiger partial charge on any atom is -0.484 e. The molecule has 1 heterocycles. The molecule has 1 amide bonds. The molecule has 19 heavy (non-hydrogen) atoms. The second-order valence-electron chi connectivity index (χ2n) is 4.62. The Bertz CT molecular complexity index is 400.